The van der Waals surface area contributed by atoms with Gasteiger partial charge in [0.2, 0.25) is 0 Å². The van der Waals surface area contributed by atoms with E-state index in [-0.39, 0.29) is 31.1 Å². The summed E-state index contributed by atoms with van der Waals surface area (Å²) in [6.07, 6.45) is 86.2. The molecule has 0 aromatic heterocycles. The predicted octanol–water partition coefficient (Wildman–Crippen LogP) is 21.2. The minimum Gasteiger partial charge on any atom is -0.462 e. The van der Waals surface area contributed by atoms with E-state index in [2.05, 4.69) is 142 Å². The normalized spacial score (nSPS) is 12.9. The van der Waals surface area contributed by atoms with Gasteiger partial charge in [0.15, 0.2) is 6.10 Å². The first kappa shape index (κ1) is 70.8. The number of allylic oxidation sites excluding steroid dienone is 20. The molecular formula is C69H114O6. The maximum atomic E-state index is 12.9. The number of hydrogen-bond acceptors (Lipinski definition) is 6. The summed E-state index contributed by atoms with van der Waals surface area (Å²) in [5.74, 6) is -0.954. The quantitative estimate of drug-likeness (QED) is 0.0261. The van der Waals surface area contributed by atoms with Gasteiger partial charge in [0.05, 0.1) is 0 Å². The molecule has 0 bridgehead atoms. The van der Waals surface area contributed by atoms with Crippen LogP contribution in [0.1, 0.15) is 278 Å². The Morgan fingerprint density at radius 2 is 0.520 bits per heavy atom. The van der Waals surface area contributed by atoms with Gasteiger partial charge in [-0.05, 0) is 135 Å². The summed E-state index contributed by atoms with van der Waals surface area (Å²) in [6.45, 7) is 6.47. The predicted molar refractivity (Wildman–Crippen MR) is 325 cm³/mol. The monoisotopic (exact) mass is 1040 g/mol. The SMILES string of the molecule is CC/C=C\C/C=C\C/C=C\C/C=C\C/C=C\C/C=C\C/C=C\CCCCCC(=O)OCC(COC(=O)CCCCCCC/C=C\CCCCCCCCC)OC(=O)CCCCCCC/C=C\C/C=C\CCCCCC. The van der Waals surface area contributed by atoms with Gasteiger partial charge in [-0.25, -0.2) is 0 Å². The van der Waals surface area contributed by atoms with Crippen molar-refractivity contribution in [1.29, 1.82) is 0 Å². The molecule has 0 saturated carbocycles. The van der Waals surface area contributed by atoms with E-state index in [9.17, 15) is 14.4 Å². The Morgan fingerprint density at radius 3 is 0.853 bits per heavy atom. The van der Waals surface area contributed by atoms with E-state index in [1.54, 1.807) is 0 Å². The van der Waals surface area contributed by atoms with Crippen molar-refractivity contribution in [2.45, 2.75) is 284 Å². The number of ether oxygens (including phenoxy) is 3. The fourth-order valence-corrected chi connectivity index (χ4v) is 8.27. The molecule has 0 aromatic carbocycles. The van der Waals surface area contributed by atoms with Crippen LogP contribution in [0.4, 0.5) is 0 Å². The second kappa shape index (κ2) is 62.4. The third-order valence-corrected chi connectivity index (χ3v) is 12.9. The van der Waals surface area contributed by atoms with E-state index < -0.39 is 6.10 Å². The van der Waals surface area contributed by atoms with Crippen LogP contribution in [0, 0.1) is 0 Å². The highest BCUT2D eigenvalue weighted by molar-refractivity contribution is 5.71. The second-order valence-corrected chi connectivity index (χ2v) is 20.2. The molecular weight excluding hydrogens is 925 g/mol. The van der Waals surface area contributed by atoms with Gasteiger partial charge in [-0.1, -0.05) is 245 Å². The number of rotatable bonds is 55. The highest BCUT2D eigenvalue weighted by Gasteiger charge is 2.19. The van der Waals surface area contributed by atoms with Gasteiger partial charge in [-0.2, -0.15) is 0 Å². The maximum absolute atomic E-state index is 12.9. The molecule has 0 amide bonds. The van der Waals surface area contributed by atoms with Gasteiger partial charge in [-0.3, -0.25) is 14.4 Å². The van der Waals surface area contributed by atoms with Crippen LogP contribution in [0.3, 0.4) is 0 Å². The summed E-state index contributed by atoms with van der Waals surface area (Å²) in [5.41, 5.74) is 0. The molecule has 0 N–H and O–H groups in total. The van der Waals surface area contributed by atoms with Crippen molar-refractivity contribution in [3.05, 3.63) is 122 Å². The topological polar surface area (TPSA) is 78.9 Å². The molecule has 0 rings (SSSR count). The van der Waals surface area contributed by atoms with Crippen LogP contribution in [0.15, 0.2) is 122 Å². The number of carbonyl (C=O) groups excluding carboxylic acids is 3. The van der Waals surface area contributed by atoms with E-state index in [0.29, 0.717) is 19.3 Å². The molecule has 0 saturated heterocycles. The Labute approximate surface area is 462 Å². The second-order valence-electron chi connectivity index (χ2n) is 20.2. The molecule has 0 aliphatic carbocycles. The van der Waals surface area contributed by atoms with Crippen LogP contribution >= 0.6 is 0 Å². The third kappa shape index (κ3) is 60.6. The first-order valence-electron chi connectivity index (χ1n) is 31.0. The van der Waals surface area contributed by atoms with E-state index >= 15 is 0 Å². The van der Waals surface area contributed by atoms with Crippen LogP contribution in [0.2, 0.25) is 0 Å². The van der Waals surface area contributed by atoms with Gasteiger partial charge in [-0.15, -0.1) is 0 Å². The van der Waals surface area contributed by atoms with Crippen LogP contribution < -0.4 is 0 Å². The lowest BCUT2D eigenvalue weighted by Gasteiger charge is -2.18. The molecule has 0 aliphatic rings. The third-order valence-electron chi connectivity index (χ3n) is 12.9. The van der Waals surface area contributed by atoms with Crippen LogP contribution in [0.25, 0.3) is 0 Å². The van der Waals surface area contributed by atoms with Crippen molar-refractivity contribution in [3.63, 3.8) is 0 Å². The first-order chi connectivity index (χ1) is 37.0. The summed E-state index contributed by atoms with van der Waals surface area (Å²) in [6, 6.07) is 0. The average molecular weight is 1040 g/mol. The van der Waals surface area contributed by atoms with Crippen LogP contribution in [-0.4, -0.2) is 37.2 Å². The highest BCUT2D eigenvalue weighted by Crippen LogP contribution is 2.14. The molecule has 426 valence electrons. The zero-order chi connectivity index (χ0) is 54.3. The summed E-state index contributed by atoms with van der Waals surface area (Å²) in [5, 5.41) is 0. The number of unbranched alkanes of at least 4 members (excludes halogenated alkanes) is 24. The molecule has 0 radical (unpaired) electrons. The van der Waals surface area contributed by atoms with Crippen molar-refractivity contribution in [2.75, 3.05) is 13.2 Å². The summed E-state index contributed by atoms with van der Waals surface area (Å²) in [7, 11) is 0. The summed E-state index contributed by atoms with van der Waals surface area (Å²) < 4.78 is 16.9. The zero-order valence-corrected chi connectivity index (χ0v) is 48.8. The highest BCUT2D eigenvalue weighted by atomic mass is 16.6. The van der Waals surface area contributed by atoms with Crippen LogP contribution in [0.5, 0.6) is 0 Å². The van der Waals surface area contributed by atoms with Gasteiger partial charge in [0.1, 0.15) is 13.2 Å². The summed E-state index contributed by atoms with van der Waals surface area (Å²) in [4.78, 5) is 38.3. The Morgan fingerprint density at radius 1 is 0.280 bits per heavy atom. The Bertz CT molecular complexity index is 1570. The summed E-state index contributed by atoms with van der Waals surface area (Å²) >= 11 is 0. The fourth-order valence-electron chi connectivity index (χ4n) is 8.27. The maximum Gasteiger partial charge on any atom is 0.306 e. The minimum absolute atomic E-state index is 0.101. The molecule has 0 aliphatic heterocycles. The molecule has 6 heteroatoms. The van der Waals surface area contributed by atoms with E-state index in [1.807, 2.05) is 0 Å². The lowest BCUT2D eigenvalue weighted by Crippen LogP contribution is -2.30. The van der Waals surface area contributed by atoms with Crippen molar-refractivity contribution < 1.29 is 28.6 Å². The Hall–Kier alpha value is -4.19. The Kier molecular flexibility index (Phi) is 58.9. The zero-order valence-electron chi connectivity index (χ0n) is 48.8. The molecule has 75 heavy (non-hydrogen) atoms. The molecule has 0 spiro atoms. The standard InChI is InChI=1S/C69H114O6/c1-4-7-10-13-16-19-22-25-28-31-32-33-34-35-36-37-38-39-42-44-47-50-53-56-59-62-68(71)74-65-66(75-69(72)63-60-57-54-51-48-45-41-30-27-24-21-18-15-12-9-6-3)64-73-67(70)61-58-55-52-49-46-43-40-29-26-23-20-17-14-11-8-5-2/h7,10,16,19,21,24-25,28-30,32-33,35-36,38-41,44,47,66H,4-6,8-9,11-15,17-18,20,22-23,26-27,31,34,37,42-43,45-46,48-65H2,1-3H3/b10-7-,19-16-,24-21-,28-25-,33-32-,36-35-,39-38-,40-29-,41-30-,47-44-. The largest absolute Gasteiger partial charge is 0.462 e. The molecule has 0 fully saturated rings. The Balaban J connectivity index is 4.47. The van der Waals surface area contributed by atoms with Crippen molar-refractivity contribution >= 4 is 17.9 Å². The smallest absolute Gasteiger partial charge is 0.306 e. The van der Waals surface area contributed by atoms with E-state index in [4.69, 9.17) is 14.2 Å². The fraction of sp³-hybridized carbons (Fsp3) is 0.667. The molecule has 1 atom stereocenters. The van der Waals surface area contributed by atoms with Gasteiger partial charge < -0.3 is 14.2 Å². The number of carbonyl (C=O) groups is 3. The minimum atomic E-state index is -0.807. The van der Waals surface area contributed by atoms with E-state index in [0.717, 1.165) is 148 Å². The van der Waals surface area contributed by atoms with Crippen molar-refractivity contribution in [2.24, 2.45) is 0 Å². The van der Waals surface area contributed by atoms with Crippen molar-refractivity contribution in [1.82, 2.24) is 0 Å². The van der Waals surface area contributed by atoms with Gasteiger partial charge in [0, 0.05) is 19.3 Å². The van der Waals surface area contributed by atoms with Crippen LogP contribution in [-0.2, 0) is 28.6 Å². The molecule has 1 unspecified atom stereocenters. The molecule has 6 nitrogen and oxygen atoms in total. The van der Waals surface area contributed by atoms with Gasteiger partial charge in [0.25, 0.3) is 0 Å². The number of hydrogen-bond donors (Lipinski definition) is 0. The number of esters is 3. The lowest BCUT2D eigenvalue weighted by molar-refractivity contribution is -0.167. The molecule has 0 heterocycles. The lowest BCUT2D eigenvalue weighted by atomic mass is 10.1. The van der Waals surface area contributed by atoms with E-state index in [1.165, 1.54) is 89.9 Å². The van der Waals surface area contributed by atoms with Gasteiger partial charge >= 0.3 is 17.9 Å². The van der Waals surface area contributed by atoms with Crippen molar-refractivity contribution in [3.8, 4) is 0 Å². The first-order valence-corrected chi connectivity index (χ1v) is 31.0. The average Bonchev–Trinajstić information content (AvgIpc) is 3.41. The molecule has 0 aromatic rings.